The lowest BCUT2D eigenvalue weighted by Gasteiger charge is -2.33. The summed E-state index contributed by atoms with van der Waals surface area (Å²) >= 11 is 0. The molecule has 1 spiro atoms. The SMILES string of the molecule is O=C1NC2(CCOc3ccccc32)C(=O)N1CC(O)c1cccc(F)c1. The molecule has 2 aliphatic heterocycles. The summed E-state index contributed by atoms with van der Waals surface area (Å²) in [6, 6.07) is 12.0. The molecule has 2 N–H and O–H groups in total. The molecule has 2 unspecified atom stereocenters. The Labute approximate surface area is 149 Å². The van der Waals surface area contributed by atoms with Crippen LogP contribution in [0.2, 0.25) is 0 Å². The third-order valence-electron chi connectivity index (χ3n) is 4.85. The Morgan fingerprint density at radius 1 is 1.23 bits per heavy atom. The van der Waals surface area contributed by atoms with Crippen LogP contribution in [-0.2, 0) is 10.3 Å². The van der Waals surface area contributed by atoms with Gasteiger partial charge < -0.3 is 15.2 Å². The molecule has 134 valence electrons. The van der Waals surface area contributed by atoms with Crippen LogP contribution in [0.4, 0.5) is 9.18 Å². The van der Waals surface area contributed by atoms with Gasteiger partial charge in [0, 0.05) is 12.0 Å². The van der Waals surface area contributed by atoms with Crippen molar-refractivity contribution < 1.29 is 23.8 Å². The fraction of sp³-hybridized carbons (Fsp3) is 0.263. The standard InChI is InChI=1S/C19H17FN2O4/c20-13-5-3-4-12(10-13)15(23)11-22-17(24)19(21-18(22)25)8-9-26-16-7-2-1-6-14(16)19/h1-7,10,15,23H,8-9,11H2,(H,21,25). The van der Waals surface area contributed by atoms with Crippen LogP contribution in [0.5, 0.6) is 5.75 Å². The number of nitrogens with one attached hydrogen (secondary N) is 1. The summed E-state index contributed by atoms with van der Waals surface area (Å²) in [4.78, 5) is 26.5. The normalized spacial score (nSPS) is 22.8. The number of hydrogen-bond donors (Lipinski definition) is 2. The van der Waals surface area contributed by atoms with E-state index in [1.165, 1.54) is 18.2 Å². The summed E-state index contributed by atoms with van der Waals surface area (Å²) in [6.07, 6.45) is -0.869. The van der Waals surface area contributed by atoms with Crippen molar-refractivity contribution >= 4 is 11.9 Å². The van der Waals surface area contributed by atoms with E-state index in [0.717, 1.165) is 4.90 Å². The zero-order chi connectivity index (χ0) is 18.3. The quantitative estimate of drug-likeness (QED) is 0.826. The third-order valence-corrected chi connectivity index (χ3v) is 4.85. The van der Waals surface area contributed by atoms with Crippen molar-refractivity contribution in [3.05, 3.63) is 65.5 Å². The van der Waals surface area contributed by atoms with E-state index in [-0.39, 0.29) is 6.54 Å². The Morgan fingerprint density at radius 2 is 2.04 bits per heavy atom. The summed E-state index contributed by atoms with van der Waals surface area (Å²) < 4.78 is 18.9. The van der Waals surface area contributed by atoms with Crippen molar-refractivity contribution in [2.45, 2.75) is 18.1 Å². The molecule has 4 rings (SSSR count). The van der Waals surface area contributed by atoms with Gasteiger partial charge in [0.25, 0.3) is 5.91 Å². The van der Waals surface area contributed by atoms with Gasteiger partial charge in [-0.3, -0.25) is 9.69 Å². The first-order chi connectivity index (χ1) is 12.5. The Hall–Kier alpha value is -2.93. The van der Waals surface area contributed by atoms with Crippen molar-refractivity contribution in [2.24, 2.45) is 0 Å². The molecular weight excluding hydrogens is 339 g/mol. The number of aliphatic hydroxyl groups excluding tert-OH is 1. The van der Waals surface area contributed by atoms with Crippen molar-refractivity contribution in [3.63, 3.8) is 0 Å². The van der Waals surface area contributed by atoms with Gasteiger partial charge in [0.2, 0.25) is 0 Å². The van der Waals surface area contributed by atoms with Crippen LogP contribution in [0.15, 0.2) is 48.5 Å². The number of fused-ring (bicyclic) bond motifs is 2. The molecule has 2 aromatic rings. The van der Waals surface area contributed by atoms with Crippen LogP contribution in [0.1, 0.15) is 23.7 Å². The number of rotatable bonds is 3. The summed E-state index contributed by atoms with van der Waals surface area (Å²) in [5, 5.41) is 13.1. The predicted octanol–water partition coefficient (Wildman–Crippen LogP) is 2.09. The predicted molar refractivity (Wildman–Crippen MR) is 89.8 cm³/mol. The first kappa shape index (κ1) is 16.5. The molecule has 26 heavy (non-hydrogen) atoms. The smallest absolute Gasteiger partial charge is 0.325 e. The highest BCUT2D eigenvalue weighted by atomic mass is 19.1. The van der Waals surface area contributed by atoms with Crippen molar-refractivity contribution in [3.8, 4) is 5.75 Å². The number of amides is 3. The number of para-hydroxylation sites is 1. The minimum Gasteiger partial charge on any atom is -0.493 e. The number of hydrogen-bond acceptors (Lipinski definition) is 4. The second-order valence-electron chi connectivity index (χ2n) is 6.42. The molecule has 2 heterocycles. The maximum atomic E-state index is 13.4. The maximum Gasteiger partial charge on any atom is 0.325 e. The fourth-order valence-corrected chi connectivity index (χ4v) is 3.53. The Bertz CT molecular complexity index is 887. The Balaban J connectivity index is 1.63. The highest BCUT2D eigenvalue weighted by Gasteiger charge is 2.55. The first-order valence-corrected chi connectivity index (χ1v) is 8.31. The lowest BCUT2D eigenvalue weighted by atomic mass is 9.84. The van der Waals surface area contributed by atoms with Gasteiger partial charge in [-0.2, -0.15) is 0 Å². The number of ether oxygens (including phenoxy) is 1. The van der Waals surface area contributed by atoms with E-state index in [9.17, 15) is 19.1 Å². The molecule has 0 saturated carbocycles. The number of β-amino-alcohol motifs (C(OH)–C–C–N with tert-alkyl or cyclic N) is 1. The molecule has 0 bridgehead atoms. The molecule has 1 fully saturated rings. The average Bonchev–Trinajstić information content (AvgIpc) is 2.87. The number of imide groups is 1. The van der Waals surface area contributed by atoms with E-state index < -0.39 is 29.4 Å². The molecule has 2 aromatic carbocycles. The summed E-state index contributed by atoms with van der Waals surface area (Å²) in [5.41, 5.74) is -0.278. The second-order valence-corrected chi connectivity index (χ2v) is 6.42. The number of nitrogens with zero attached hydrogens (tertiary/aromatic N) is 1. The van der Waals surface area contributed by atoms with Gasteiger partial charge >= 0.3 is 6.03 Å². The Morgan fingerprint density at radius 3 is 2.85 bits per heavy atom. The minimum absolute atomic E-state index is 0.251. The monoisotopic (exact) mass is 356 g/mol. The number of urea groups is 1. The van der Waals surface area contributed by atoms with E-state index in [4.69, 9.17) is 4.74 Å². The van der Waals surface area contributed by atoms with Gasteiger partial charge in [-0.05, 0) is 23.8 Å². The molecule has 2 atom stereocenters. The number of carbonyl (C=O) groups excluding carboxylic acids is 2. The fourth-order valence-electron chi connectivity index (χ4n) is 3.53. The number of halogens is 1. The van der Waals surface area contributed by atoms with Crippen LogP contribution in [0.3, 0.4) is 0 Å². The van der Waals surface area contributed by atoms with Crippen LogP contribution in [0, 0.1) is 5.82 Å². The van der Waals surface area contributed by atoms with E-state index in [2.05, 4.69) is 5.32 Å². The molecule has 3 amide bonds. The van der Waals surface area contributed by atoms with Gasteiger partial charge in [0.1, 0.15) is 11.6 Å². The molecule has 0 radical (unpaired) electrons. The average molecular weight is 356 g/mol. The second kappa shape index (κ2) is 6.10. The van der Waals surface area contributed by atoms with Crippen molar-refractivity contribution in [1.29, 1.82) is 0 Å². The van der Waals surface area contributed by atoms with Gasteiger partial charge in [0.05, 0.1) is 19.3 Å². The third kappa shape index (κ3) is 2.52. The van der Waals surface area contributed by atoms with Crippen LogP contribution >= 0.6 is 0 Å². The first-order valence-electron chi connectivity index (χ1n) is 8.31. The lowest BCUT2D eigenvalue weighted by molar-refractivity contribution is -0.133. The van der Waals surface area contributed by atoms with E-state index in [1.54, 1.807) is 30.3 Å². The number of aliphatic hydroxyl groups is 1. The molecule has 1 saturated heterocycles. The number of carbonyl (C=O) groups is 2. The molecule has 0 aliphatic carbocycles. The van der Waals surface area contributed by atoms with E-state index in [0.29, 0.717) is 29.9 Å². The zero-order valence-corrected chi connectivity index (χ0v) is 13.8. The molecule has 0 aromatic heterocycles. The summed E-state index contributed by atoms with van der Waals surface area (Å²) in [7, 11) is 0. The van der Waals surface area contributed by atoms with Crippen LogP contribution in [-0.4, -0.2) is 35.1 Å². The summed E-state index contributed by atoms with van der Waals surface area (Å²) in [6.45, 7) is 0.0439. The molecule has 7 heteroatoms. The van der Waals surface area contributed by atoms with Gasteiger partial charge in [-0.15, -0.1) is 0 Å². The highest BCUT2D eigenvalue weighted by Crippen LogP contribution is 2.41. The van der Waals surface area contributed by atoms with Gasteiger partial charge in [-0.25, -0.2) is 9.18 Å². The molecule has 2 aliphatic rings. The number of benzene rings is 2. The van der Waals surface area contributed by atoms with Crippen LogP contribution in [0.25, 0.3) is 0 Å². The molecule has 6 nitrogen and oxygen atoms in total. The van der Waals surface area contributed by atoms with Crippen molar-refractivity contribution in [1.82, 2.24) is 10.2 Å². The van der Waals surface area contributed by atoms with Crippen LogP contribution < -0.4 is 10.1 Å². The largest absolute Gasteiger partial charge is 0.493 e. The highest BCUT2D eigenvalue weighted by molar-refractivity contribution is 6.08. The summed E-state index contributed by atoms with van der Waals surface area (Å²) in [5.74, 6) is -0.373. The topological polar surface area (TPSA) is 78.9 Å². The Kier molecular flexibility index (Phi) is 3.88. The maximum absolute atomic E-state index is 13.4. The van der Waals surface area contributed by atoms with Gasteiger partial charge in [-0.1, -0.05) is 30.3 Å². The van der Waals surface area contributed by atoms with Crippen molar-refractivity contribution in [2.75, 3.05) is 13.2 Å². The minimum atomic E-state index is -1.19. The molecular formula is C19H17FN2O4. The van der Waals surface area contributed by atoms with Gasteiger partial charge in [0.15, 0.2) is 5.54 Å². The van der Waals surface area contributed by atoms with E-state index in [1.807, 2.05) is 0 Å². The lowest BCUT2D eigenvalue weighted by Crippen LogP contribution is -2.47. The van der Waals surface area contributed by atoms with E-state index >= 15 is 0 Å². The zero-order valence-electron chi connectivity index (χ0n) is 13.8.